The van der Waals surface area contributed by atoms with Gasteiger partial charge in [0, 0.05) is 9.96 Å². The third kappa shape index (κ3) is 5.39. The molecule has 3 fully saturated rings. The van der Waals surface area contributed by atoms with Crippen LogP contribution in [0, 0.1) is 23.7 Å². The van der Waals surface area contributed by atoms with Crippen LogP contribution < -0.4 is 0 Å². The minimum atomic E-state index is -3.39. The summed E-state index contributed by atoms with van der Waals surface area (Å²) in [5.41, 5.74) is 0. The van der Waals surface area contributed by atoms with Crippen molar-refractivity contribution in [3.63, 3.8) is 0 Å². The fourth-order valence-electron chi connectivity index (χ4n) is 5.41. The van der Waals surface area contributed by atoms with Gasteiger partial charge in [0.2, 0.25) is 0 Å². The molecule has 170 valence electrons. The second-order valence-electron chi connectivity index (χ2n) is 9.09. The quantitative estimate of drug-likeness (QED) is 0.536. The predicted octanol–water partition coefficient (Wildman–Crippen LogP) is 5.75. The van der Waals surface area contributed by atoms with Crippen molar-refractivity contribution in [3.05, 3.63) is 0 Å². The monoisotopic (exact) mass is 416 g/mol. The molecule has 0 heterocycles. The number of hydrogen-bond acceptors (Lipinski definition) is 2. The Bertz CT molecular complexity index is 473. The lowest BCUT2D eigenvalue weighted by molar-refractivity contribution is -0.314. The average Bonchev–Trinajstić information content (AvgIpc) is 2.66. The molecule has 0 aromatic carbocycles. The van der Waals surface area contributed by atoms with Gasteiger partial charge in [-0.15, -0.1) is 0 Å². The van der Waals surface area contributed by atoms with Gasteiger partial charge in [-0.1, -0.05) is 19.8 Å². The van der Waals surface area contributed by atoms with Crippen molar-refractivity contribution in [2.24, 2.45) is 23.7 Å². The van der Waals surface area contributed by atoms with Crippen LogP contribution in [0.5, 0.6) is 0 Å². The average molecular weight is 417 g/mol. The van der Waals surface area contributed by atoms with Crippen molar-refractivity contribution in [1.82, 2.24) is 0 Å². The van der Waals surface area contributed by atoms with Crippen molar-refractivity contribution in [2.75, 3.05) is 7.11 Å². The van der Waals surface area contributed by atoms with E-state index < -0.39 is 36.6 Å². The fraction of sp³-hybridized carbons (Fsp3) is 1.00. The van der Waals surface area contributed by atoms with E-state index in [1.54, 1.807) is 0 Å². The van der Waals surface area contributed by atoms with E-state index in [1.807, 2.05) is 0 Å². The van der Waals surface area contributed by atoms with Crippen LogP contribution in [-0.4, -0.2) is 43.2 Å². The number of methoxy groups -OCH3 is 1. The molecule has 3 aliphatic rings. The van der Waals surface area contributed by atoms with Crippen LogP contribution in [-0.2, 0) is 9.47 Å². The van der Waals surface area contributed by atoms with Gasteiger partial charge in [0.1, 0.15) is 0 Å². The summed E-state index contributed by atoms with van der Waals surface area (Å²) < 4.78 is 67.2. The summed E-state index contributed by atoms with van der Waals surface area (Å²) >= 11 is 0. The van der Waals surface area contributed by atoms with E-state index in [1.165, 1.54) is 32.8 Å². The number of rotatable bonds is 5. The van der Waals surface area contributed by atoms with Gasteiger partial charge in [-0.05, 0) is 69.1 Å². The van der Waals surface area contributed by atoms with Crippen molar-refractivity contribution in [2.45, 2.75) is 102 Å². The van der Waals surface area contributed by atoms with Gasteiger partial charge < -0.3 is 14.9 Å². The zero-order chi connectivity index (χ0) is 19.6. The topological polar surface area (TPSA) is 50.0 Å². The summed E-state index contributed by atoms with van der Waals surface area (Å²) in [4.78, 5) is 0. The molecule has 3 nitrogen and oxygen atoms in total. The molecular formula is C21H40F4O3. The van der Waals surface area contributed by atoms with Gasteiger partial charge in [-0.25, -0.2) is 8.78 Å². The first kappa shape index (κ1) is 23.9. The summed E-state index contributed by atoms with van der Waals surface area (Å²) in [6, 6.07) is 0. The van der Waals surface area contributed by atoms with Gasteiger partial charge in [0.05, 0.1) is 18.1 Å². The lowest BCUT2D eigenvalue weighted by Crippen LogP contribution is -2.50. The van der Waals surface area contributed by atoms with Crippen molar-refractivity contribution < 1.29 is 35.4 Å². The van der Waals surface area contributed by atoms with E-state index in [4.69, 9.17) is 9.47 Å². The second-order valence-corrected chi connectivity index (χ2v) is 9.09. The van der Waals surface area contributed by atoms with E-state index in [9.17, 15) is 17.6 Å². The largest absolute Gasteiger partial charge is 0.412 e. The zero-order valence-corrected chi connectivity index (χ0v) is 17.0. The molecule has 0 aromatic rings. The Morgan fingerprint density at radius 2 is 1.21 bits per heavy atom. The van der Waals surface area contributed by atoms with Gasteiger partial charge in [-0.3, -0.25) is 0 Å². The highest BCUT2D eigenvalue weighted by Gasteiger charge is 2.50. The highest BCUT2D eigenvalue weighted by atomic mass is 19.3. The Morgan fingerprint density at radius 1 is 0.750 bits per heavy atom. The Kier molecular flexibility index (Phi) is 8.59. The van der Waals surface area contributed by atoms with Gasteiger partial charge in [0.15, 0.2) is 12.3 Å². The zero-order valence-electron chi connectivity index (χ0n) is 17.0. The maximum absolute atomic E-state index is 14.7. The van der Waals surface area contributed by atoms with Crippen molar-refractivity contribution >= 4 is 0 Å². The van der Waals surface area contributed by atoms with Gasteiger partial charge in [-0.2, -0.15) is 8.78 Å². The lowest BCUT2D eigenvalue weighted by Gasteiger charge is -2.41. The maximum atomic E-state index is 14.7. The third-order valence-corrected chi connectivity index (χ3v) is 7.34. The molecule has 28 heavy (non-hydrogen) atoms. The first-order valence-electron chi connectivity index (χ1n) is 10.7. The molecule has 0 aliphatic heterocycles. The minimum absolute atomic E-state index is 0. The van der Waals surface area contributed by atoms with Crippen LogP contribution in [0.15, 0.2) is 0 Å². The molecule has 3 rings (SSSR count). The normalized spacial score (nSPS) is 42.6. The highest BCUT2D eigenvalue weighted by molar-refractivity contribution is 4.91. The first-order valence-corrected chi connectivity index (χ1v) is 10.7. The Labute approximate surface area is 168 Å². The molecule has 0 radical (unpaired) electrons. The van der Waals surface area contributed by atoms with Crippen LogP contribution in [0.2, 0.25) is 0 Å². The van der Waals surface area contributed by atoms with E-state index in [0.29, 0.717) is 24.7 Å². The highest BCUT2D eigenvalue weighted by Crippen LogP contribution is 2.46. The van der Waals surface area contributed by atoms with E-state index in [2.05, 4.69) is 6.92 Å². The molecule has 0 spiro atoms. The summed E-state index contributed by atoms with van der Waals surface area (Å²) in [5.74, 6) is 1.10. The number of hydrogen-bond donors (Lipinski definition) is 0. The SMILES string of the molecule is COC1CCC(OC(F)(F)C2CCC(C3CCC(C)CC3)CC2)C(F)C1F.O.[HH].[HH]. The second kappa shape index (κ2) is 10.1. The molecule has 7 heteroatoms. The maximum Gasteiger partial charge on any atom is 0.358 e. The number of halogens is 4. The van der Waals surface area contributed by atoms with Gasteiger partial charge >= 0.3 is 6.11 Å². The summed E-state index contributed by atoms with van der Waals surface area (Å²) in [6.07, 6.45) is -2.02. The molecule has 3 saturated carbocycles. The molecule has 4 atom stereocenters. The minimum Gasteiger partial charge on any atom is -0.412 e. The van der Waals surface area contributed by atoms with Crippen LogP contribution >= 0.6 is 0 Å². The lowest BCUT2D eigenvalue weighted by atomic mass is 9.69. The standard InChI is InChI=1S/C21H34F4O2.H2O.2H2/c1-13-3-5-14(6-4-13)15-7-9-16(10-8-15)21(24,25)27-18-12-11-17(26-2)19(22)20(18)23;;;/h13-20H,3-12H2,1-2H3;1H2;2*1H. The molecule has 3 aliphatic carbocycles. The summed E-state index contributed by atoms with van der Waals surface area (Å²) in [6.45, 7) is 2.28. The third-order valence-electron chi connectivity index (χ3n) is 7.34. The number of alkyl halides is 4. The number of ether oxygens (including phenoxy) is 2. The Morgan fingerprint density at radius 3 is 1.75 bits per heavy atom. The predicted molar refractivity (Wildman–Crippen MR) is 104 cm³/mol. The molecule has 2 N–H and O–H groups in total. The van der Waals surface area contributed by atoms with Crippen molar-refractivity contribution in [1.29, 1.82) is 0 Å². The van der Waals surface area contributed by atoms with Crippen LogP contribution in [0.4, 0.5) is 17.6 Å². The van der Waals surface area contributed by atoms with Crippen LogP contribution in [0.25, 0.3) is 0 Å². The van der Waals surface area contributed by atoms with E-state index in [0.717, 1.165) is 18.8 Å². The molecule has 0 aromatic heterocycles. The Hall–Kier alpha value is -0.400. The van der Waals surface area contributed by atoms with Crippen LogP contribution in [0.1, 0.15) is 74.0 Å². The molecule has 0 saturated heterocycles. The molecular weight excluding hydrogens is 376 g/mol. The molecule has 4 unspecified atom stereocenters. The smallest absolute Gasteiger partial charge is 0.358 e. The summed E-state index contributed by atoms with van der Waals surface area (Å²) in [7, 11) is 1.31. The van der Waals surface area contributed by atoms with E-state index in [-0.39, 0.29) is 21.2 Å². The van der Waals surface area contributed by atoms with Crippen molar-refractivity contribution in [3.8, 4) is 0 Å². The van der Waals surface area contributed by atoms with Gasteiger partial charge in [0.25, 0.3) is 0 Å². The van der Waals surface area contributed by atoms with Crippen LogP contribution in [0.3, 0.4) is 0 Å². The molecule has 0 amide bonds. The first-order chi connectivity index (χ1) is 12.8. The molecule has 0 bridgehead atoms. The Balaban J connectivity index is 0.00000280. The van der Waals surface area contributed by atoms with E-state index >= 15 is 0 Å². The fourth-order valence-corrected chi connectivity index (χ4v) is 5.41. The summed E-state index contributed by atoms with van der Waals surface area (Å²) in [5, 5.41) is 0.